The molecule has 0 aliphatic carbocycles. The minimum Gasteiger partial charge on any atom is -0.301 e. The molecular formula is C13H9ClN2. The lowest BCUT2D eigenvalue weighted by atomic mass is 10.2. The third kappa shape index (κ3) is 1.39. The molecule has 0 unspecified atom stereocenters. The van der Waals surface area contributed by atoms with Crippen LogP contribution >= 0.6 is 11.6 Å². The molecule has 2 nitrogen and oxygen atoms in total. The molecule has 0 bridgehead atoms. The monoisotopic (exact) mass is 228 g/mol. The number of halogens is 1. The maximum Gasteiger partial charge on any atom is 0.137 e. The molecule has 0 radical (unpaired) electrons. The molecule has 0 aliphatic rings. The fourth-order valence-corrected chi connectivity index (χ4v) is 2.06. The Hall–Kier alpha value is -1.80. The fraction of sp³-hybridized carbons (Fsp3) is 0. The summed E-state index contributed by atoms with van der Waals surface area (Å²) in [5, 5.41) is 1.82. The van der Waals surface area contributed by atoms with E-state index in [4.69, 9.17) is 11.6 Å². The van der Waals surface area contributed by atoms with Gasteiger partial charge in [0.05, 0.1) is 5.52 Å². The number of hydrogen-bond acceptors (Lipinski definition) is 1. The van der Waals surface area contributed by atoms with Crippen LogP contribution in [0.25, 0.3) is 16.7 Å². The number of benzene rings is 1. The van der Waals surface area contributed by atoms with Crippen LogP contribution < -0.4 is 0 Å². The molecule has 2 heterocycles. The zero-order chi connectivity index (χ0) is 11.0. The van der Waals surface area contributed by atoms with Crippen molar-refractivity contribution in [2.24, 2.45) is 0 Å². The Kier molecular flexibility index (Phi) is 2.15. The largest absolute Gasteiger partial charge is 0.301 e. The number of hydrogen-bond donors (Lipinski definition) is 0. The lowest BCUT2D eigenvalue weighted by molar-refractivity contribution is 1.04. The predicted octanol–water partition coefficient (Wildman–Crippen LogP) is 3.68. The van der Waals surface area contributed by atoms with Gasteiger partial charge < -0.3 is 4.57 Å². The Bertz CT molecular complexity index is 629. The number of pyridine rings is 1. The van der Waals surface area contributed by atoms with Crippen molar-refractivity contribution in [3.63, 3.8) is 0 Å². The van der Waals surface area contributed by atoms with Crippen LogP contribution in [0.2, 0.25) is 5.02 Å². The second kappa shape index (κ2) is 3.65. The van der Waals surface area contributed by atoms with Crippen molar-refractivity contribution in [1.82, 2.24) is 9.55 Å². The summed E-state index contributed by atoms with van der Waals surface area (Å²) in [6, 6.07) is 13.7. The summed E-state index contributed by atoms with van der Waals surface area (Å²) in [6.07, 6.45) is 3.77. The van der Waals surface area contributed by atoms with Crippen molar-refractivity contribution in [2.45, 2.75) is 0 Å². The van der Waals surface area contributed by atoms with Gasteiger partial charge in [0, 0.05) is 22.8 Å². The first-order chi connectivity index (χ1) is 7.86. The van der Waals surface area contributed by atoms with Crippen LogP contribution in [0, 0.1) is 0 Å². The Labute approximate surface area is 98.1 Å². The summed E-state index contributed by atoms with van der Waals surface area (Å²) >= 11 is 6.12. The maximum atomic E-state index is 6.12. The summed E-state index contributed by atoms with van der Waals surface area (Å²) in [5.74, 6) is 0.903. The zero-order valence-electron chi connectivity index (χ0n) is 8.47. The van der Waals surface area contributed by atoms with Gasteiger partial charge in [0.25, 0.3) is 0 Å². The number of aromatic nitrogens is 2. The second-order valence-corrected chi connectivity index (χ2v) is 3.95. The number of nitrogens with zero attached hydrogens (tertiary/aromatic N) is 2. The molecule has 78 valence electrons. The third-order valence-corrected chi connectivity index (χ3v) is 2.91. The average Bonchev–Trinajstić information content (AvgIpc) is 2.75. The quantitative estimate of drug-likeness (QED) is 0.621. The summed E-state index contributed by atoms with van der Waals surface area (Å²) in [7, 11) is 0. The van der Waals surface area contributed by atoms with Crippen LogP contribution in [0.4, 0.5) is 0 Å². The van der Waals surface area contributed by atoms with E-state index in [9.17, 15) is 0 Å². The van der Waals surface area contributed by atoms with Crippen molar-refractivity contribution in [1.29, 1.82) is 0 Å². The van der Waals surface area contributed by atoms with Crippen LogP contribution in [0.5, 0.6) is 0 Å². The maximum absolute atomic E-state index is 6.12. The van der Waals surface area contributed by atoms with Gasteiger partial charge in [-0.25, -0.2) is 4.98 Å². The molecule has 0 saturated carbocycles. The van der Waals surface area contributed by atoms with Gasteiger partial charge in [0.2, 0.25) is 0 Å². The van der Waals surface area contributed by atoms with Crippen LogP contribution in [0.3, 0.4) is 0 Å². The van der Waals surface area contributed by atoms with Gasteiger partial charge in [-0.05, 0) is 30.3 Å². The Morgan fingerprint density at radius 1 is 1.00 bits per heavy atom. The smallest absolute Gasteiger partial charge is 0.137 e. The Morgan fingerprint density at radius 2 is 1.94 bits per heavy atom. The highest BCUT2D eigenvalue weighted by atomic mass is 35.5. The first-order valence-corrected chi connectivity index (χ1v) is 5.41. The summed E-state index contributed by atoms with van der Waals surface area (Å²) in [6.45, 7) is 0. The molecule has 3 aromatic rings. The molecule has 0 atom stereocenters. The molecule has 0 aliphatic heterocycles. The summed E-state index contributed by atoms with van der Waals surface area (Å²) in [5.41, 5.74) is 1.08. The molecule has 0 fully saturated rings. The first-order valence-electron chi connectivity index (χ1n) is 5.03. The first kappa shape index (κ1) is 9.43. The van der Waals surface area contributed by atoms with E-state index in [0.717, 1.165) is 21.7 Å². The van der Waals surface area contributed by atoms with E-state index in [1.165, 1.54) is 0 Å². The topological polar surface area (TPSA) is 17.8 Å². The molecule has 0 amide bonds. The van der Waals surface area contributed by atoms with Gasteiger partial charge in [0.15, 0.2) is 0 Å². The average molecular weight is 229 g/mol. The normalized spacial score (nSPS) is 10.8. The van der Waals surface area contributed by atoms with E-state index >= 15 is 0 Å². The van der Waals surface area contributed by atoms with E-state index < -0.39 is 0 Å². The molecule has 1 aromatic carbocycles. The molecule has 0 spiro atoms. The Balaban J connectivity index is 2.30. The van der Waals surface area contributed by atoms with Gasteiger partial charge in [-0.2, -0.15) is 0 Å². The Morgan fingerprint density at radius 3 is 2.75 bits per heavy atom. The van der Waals surface area contributed by atoms with Crippen molar-refractivity contribution in [2.75, 3.05) is 0 Å². The molecule has 3 heteroatoms. The van der Waals surface area contributed by atoms with Crippen molar-refractivity contribution < 1.29 is 0 Å². The second-order valence-electron chi connectivity index (χ2n) is 3.55. The molecule has 0 N–H and O–H groups in total. The summed E-state index contributed by atoms with van der Waals surface area (Å²) < 4.78 is 2.03. The van der Waals surface area contributed by atoms with Crippen molar-refractivity contribution >= 4 is 22.5 Å². The van der Waals surface area contributed by atoms with Crippen molar-refractivity contribution in [3.05, 3.63) is 59.9 Å². The van der Waals surface area contributed by atoms with Crippen LogP contribution in [-0.2, 0) is 0 Å². The highest BCUT2D eigenvalue weighted by Gasteiger charge is 2.05. The van der Waals surface area contributed by atoms with Crippen LogP contribution in [-0.4, -0.2) is 9.55 Å². The fourth-order valence-electron chi connectivity index (χ4n) is 1.83. The van der Waals surface area contributed by atoms with E-state index in [2.05, 4.69) is 4.98 Å². The van der Waals surface area contributed by atoms with Gasteiger partial charge in [-0.3, -0.25) is 0 Å². The predicted molar refractivity (Wildman–Crippen MR) is 66.1 cm³/mol. The minimum absolute atomic E-state index is 0.771. The van der Waals surface area contributed by atoms with E-state index in [1.807, 2.05) is 53.2 Å². The van der Waals surface area contributed by atoms with Gasteiger partial charge in [0.1, 0.15) is 5.82 Å². The van der Waals surface area contributed by atoms with Crippen LogP contribution in [0.15, 0.2) is 54.9 Å². The zero-order valence-corrected chi connectivity index (χ0v) is 9.22. The van der Waals surface area contributed by atoms with Gasteiger partial charge in [-0.15, -0.1) is 0 Å². The van der Waals surface area contributed by atoms with Gasteiger partial charge in [-0.1, -0.05) is 23.7 Å². The molecule has 2 aromatic heterocycles. The molecule has 0 saturated heterocycles. The van der Waals surface area contributed by atoms with E-state index in [1.54, 1.807) is 6.20 Å². The van der Waals surface area contributed by atoms with E-state index in [-0.39, 0.29) is 0 Å². The highest BCUT2D eigenvalue weighted by molar-refractivity contribution is 6.35. The molecular weight excluding hydrogens is 220 g/mol. The number of rotatable bonds is 1. The standard InChI is InChI=1S/C13H9ClN2/c14-11-4-3-5-12-10(11)7-9-16(12)13-6-1-2-8-15-13/h1-9H. The lowest BCUT2D eigenvalue weighted by Gasteiger charge is -2.03. The SMILES string of the molecule is Clc1cccc2c1ccn2-c1ccccn1. The lowest BCUT2D eigenvalue weighted by Crippen LogP contribution is -1.93. The van der Waals surface area contributed by atoms with Gasteiger partial charge >= 0.3 is 0 Å². The van der Waals surface area contributed by atoms with Crippen LogP contribution in [0.1, 0.15) is 0 Å². The number of fused-ring (bicyclic) bond motifs is 1. The molecule has 3 rings (SSSR count). The highest BCUT2D eigenvalue weighted by Crippen LogP contribution is 2.25. The molecule has 16 heavy (non-hydrogen) atoms. The third-order valence-electron chi connectivity index (χ3n) is 2.58. The minimum atomic E-state index is 0.771. The van der Waals surface area contributed by atoms with E-state index in [0.29, 0.717) is 0 Å². The summed E-state index contributed by atoms with van der Waals surface area (Å²) in [4.78, 5) is 4.32. The van der Waals surface area contributed by atoms with Crippen molar-refractivity contribution in [3.8, 4) is 5.82 Å².